The zero-order chi connectivity index (χ0) is 22.1. The molecular weight excluding hydrogens is 441 g/mol. The van der Waals surface area contributed by atoms with E-state index in [1.54, 1.807) is 42.5 Å². The van der Waals surface area contributed by atoms with E-state index in [1.807, 2.05) is 6.92 Å². The summed E-state index contributed by atoms with van der Waals surface area (Å²) >= 11 is 12.0. The average Bonchev–Trinajstić information content (AvgIpc) is 2.71. The molecule has 2 aromatic carbocycles. The van der Waals surface area contributed by atoms with Crippen molar-refractivity contribution >= 4 is 58.2 Å². The number of carbonyl (C=O) groups excluding carboxylic acids is 2. The second-order valence-electron chi connectivity index (χ2n) is 7.07. The van der Waals surface area contributed by atoms with Crippen molar-refractivity contribution in [1.82, 2.24) is 9.97 Å². The summed E-state index contributed by atoms with van der Waals surface area (Å²) < 4.78 is 0. The first-order valence-electron chi connectivity index (χ1n) is 9.34. The highest BCUT2D eigenvalue weighted by molar-refractivity contribution is 6.31. The molecule has 4 N–H and O–H groups in total. The predicted octanol–water partition coefficient (Wildman–Crippen LogP) is 4.19. The smallest absolute Gasteiger partial charge is 0.258 e. The van der Waals surface area contributed by atoms with E-state index in [9.17, 15) is 14.4 Å². The summed E-state index contributed by atoms with van der Waals surface area (Å²) in [6.07, 6.45) is -0.173. The second-order valence-corrected chi connectivity index (χ2v) is 7.91. The summed E-state index contributed by atoms with van der Waals surface area (Å²) in [6, 6.07) is 11.9. The van der Waals surface area contributed by atoms with E-state index < -0.39 is 23.3 Å². The summed E-state index contributed by atoms with van der Waals surface area (Å²) in [7, 11) is 0. The molecule has 0 saturated carbocycles. The van der Waals surface area contributed by atoms with Gasteiger partial charge in [0.15, 0.2) is 0 Å². The van der Waals surface area contributed by atoms with Crippen molar-refractivity contribution in [2.75, 3.05) is 16.0 Å². The van der Waals surface area contributed by atoms with Gasteiger partial charge in [-0.3, -0.25) is 19.4 Å². The minimum absolute atomic E-state index is 0.0403. The highest BCUT2D eigenvalue weighted by Crippen LogP contribution is 2.30. The molecule has 158 valence electrons. The van der Waals surface area contributed by atoms with E-state index >= 15 is 0 Å². The van der Waals surface area contributed by atoms with Crippen LogP contribution in [-0.4, -0.2) is 21.8 Å². The molecular formula is C21H17Cl2N5O3. The van der Waals surface area contributed by atoms with Gasteiger partial charge in [0, 0.05) is 27.8 Å². The minimum Gasteiger partial charge on any atom is -0.326 e. The minimum atomic E-state index is -0.996. The second kappa shape index (κ2) is 8.41. The molecule has 2 heterocycles. The van der Waals surface area contributed by atoms with Crippen molar-refractivity contribution in [2.45, 2.75) is 19.3 Å². The normalized spacial score (nSPS) is 15.1. The Kier molecular flexibility index (Phi) is 5.67. The molecule has 31 heavy (non-hydrogen) atoms. The number of rotatable bonds is 4. The maximum atomic E-state index is 12.9. The van der Waals surface area contributed by atoms with E-state index in [-0.39, 0.29) is 23.8 Å². The predicted molar refractivity (Wildman–Crippen MR) is 120 cm³/mol. The van der Waals surface area contributed by atoms with Crippen molar-refractivity contribution < 1.29 is 9.59 Å². The van der Waals surface area contributed by atoms with Crippen LogP contribution in [0, 0.1) is 6.92 Å². The van der Waals surface area contributed by atoms with Gasteiger partial charge in [0.25, 0.3) is 5.56 Å². The zero-order valence-corrected chi connectivity index (χ0v) is 17.8. The summed E-state index contributed by atoms with van der Waals surface area (Å²) in [6.45, 7) is 1.84. The third-order valence-electron chi connectivity index (χ3n) is 4.81. The van der Waals surface area contributed by atoms with Crippen molar-refractivity contribution in [3.8, 4) is 0 Å². The largest absolute Gasteiger partial charge is 0.326 e. The van der Waals surface area contributed by atoms with Crippen LogP contribution in [0.4, 0.5) is 23.1 Å². The fraction of sp³-hybridized carbons (Fsp3) is 0.143. The molecule has 8 nitrogen and oxygen atoms in total. The number of nitrogens with one attached hydrogen (secondary N) is 4. The van der Waals surface area contributed by atoms with Crippen LogP contribution in [0.25, 0.3) is 0 Å². The molecule has 0 fully saturated rings. The van der Waals surface area contributed by atoms with E-state index in [4.69, 9.17) is 23.2 Å². The number of nitrogens with zero attached hydrogens (tertiary/aromatic N) is 1. The highest BCUT2D eigenvalue weighted by Gasteiger charge is 2.34. The Morgan fingerprint density at radius 2 is 1.81 bits per heavy atom. The number of halogens is 2. The van der Waals surface area contributed by atoms with Crippen LogP contribution in [0.3, 0.4) is 0 Å². The summed E-state index contributed by atoms with van der Waals surface area (Å²) in [4.78, 5) is 44.8. The van der Waals surface area contributed by atoms with Gasteiger partial charge in [-0.15, -0.1) is 0 Å². The first-order chi connectivity index (χ1) is 14.8. The fourth-order valence-electron chi connectivity index (χ4n) is 3.22. The molecule has 1 aromatic heterocycles. The monoisotopic (exact) mass is 457 g/mol. The lowest BCUT2D eigenvalue weighted by molar-refractivity contribution is -0.123. The first-order valence-corrected chi connectivity index (χ1v) is 10.1. The number of carbonyl (C=O) groups is 2. The Balaban J connectivity index is 1.63. The van der Waals surface area contributed by atoms with Gasteiger partial charge in [-0.25, -0.2) is 0 Å². The fourth-order valence-corrected chi connectivity index (χ4v) is 3.53. The number of aromatic amines is 1. The van der Waals surface area contributed by atoms with Gasteiger partial charge in [0.05, 0.1) is 11.5 Å². The molecule has 0 bridgehead atoms. The lowest BCUT2D eigenvalue weighted by Gasteiger charge is -2.23. The van der Waals surface area contributed by atoms with Gasteiger partial charge in [-0.2, -0.15) is 4.98 Å². The van der Waals surface area contributed by atoms with Crippen molar-refractivity contribution in [1.29, 1.82) is 0 Å². The zero-order valence-electron chi connectivity index (χ0n) is 16.3. The summed E-state index contributed by atoms with van der Waals surface area (Å²) in [5.41, 5.74) is 1.54. The average molecular weight is 458 g/mol. The summed E-state index contributed by atoms with van der Waals surface area (Å²) in [5, 5.41) is 9.29. The molecule has 0 aliphatic carbocycles. The first kappa shape index (κ1) is 20.9. The molecule has 4 rings (SSSR count). The molecule has 0 radical (unpaired) electrons. The van der Waals surface area contributed by atoms with E-state index in [0.717, 1.165) is 5.56 Å². The Hall–Kier alpha value is -3.36. The number of amides is 2. The van der Waals surface area contributed by atoms with Crippen LogP contribution in [0.2, 0.25) is 10.0 Å². The van der Waals surface area contributed by atoms with Gasteiger partial charge < -0.3 is 16.0 Å². The Bertz CT molecular complexity index is 1240. The Morgan fingerprint density at radius 3 is 2.52 bits per heavy atom. The SMILES string of the molecule is Cc1ccc(NC(=O)[C@@H]2CC(=O)Nc3nc(Nc4ccc(Cl)cc4)[nH]c(=O)c32)cc1Cl. The van der Waals surface area contributed by atoms with Gasteiger partial charge in [-0.05, 0) is 48.9 Å². The van der Waals surface area contributed by atoms with Crippen LogP contribution < -0.4 is 21.5 Å². The third kappa shape index (κ3) is 4.55. The lowest BCUT2D eigenvalue weighted by Crippen LogP contribution is -2.36. The highest BCUT2D eigenvalue weighted by atomic mass is 35.5. The van der Waals surface area contributed by atoms with Crippen molar-refractivity contribution in [2.24, 2.45) is 0 Å². The number of hydrogen-bond donors (Lipinski definition) is 4. The van der Waals surface area contributed by atoms with Crippen LogP contribution >= 0.6 is 23.2 Å². The van der Waals surface area contributed by atoms with Crippen molar-refractivity contribution in [3.05, 3.63) is 74.0 Å². The Labute approximate surface area is 187 Å². The molecule has 0 unspecified atom stereocenters. The standard InChI is InChI=1S/C21H17Cl2N5O3/c1-10-2-5-13(8-15(10)23)24-19(30)14-9-16(29)26-18-17(14)20(31)28-21(27-18)25-12-6-3-11(22)4-7-12/h2-8,14H,9H2,1H3,(H,24,30)(H3,25,26,27,28,29,31)/t14-/m1/s1. The molecule has 1 aliphatic rings. The molecule has 1 atom stereocenters. The van der Waals surface area contributed by atoms with Crippen molar-refractivity contribution in [3.63, 3.8) is 0 Å². The molecule has 0 spiro atoms. The van der Waals surface area contributed by atoms with Gasteiger partial charge in [0.1, 0.15) is 5.82 Å². The number of aryl methyl sites for hydroxylation is 1. The Morgan fingerprint density at radius 1 is 1.10 bits per heavy atom. The van der Waals surface area contributed by atoms with Crippen LogP contribution in [0.5, 0.6) is 0 Å². The van der Waals surface area contributed by atoms with E-state index in [2.05, 4.69) is 25.9 Å². The van der Waals surface area contributed by atoms with Crippen LogP contribution in [0.15, 0.2) is 47.3 Å². The number of fused-ring (bicyclic) bond motifs is 1. The maximum Gasteiger partial charge on any atom is 0.258 e. The topological polar surface area (TPSA) is 116 Å². The van der Waals surface area contributed by atoms with Crippen LogP contribution in [0.1, 0.15) is 23.5 Å². The van der Waals surface area contributed by atoms with Gasteiger partial charge in [0.2, 0.25) is 17.8 Å². The molecule has 3 aromatic rings. The quantitative estimate of drug-likeness (QED) is 0.468. The van der Waals surface area contributed by atoms with Crippen LogP contribution in [-0.2, 0) is 9.59 Å². The van der Waals surface area contributed by atoms with E-state index in [0.29, 0.717) is 21.4 Å². The lowest BCUT2D eigenvalue weighted by atomic mass is 9.92. The molecule has 0 saturated heterocycles. The summed E-state index contributed by atoms with van der Waals surface area (Å²) in [5.74, 6) is -1.74. The third-order valence-corrected chi connectivity index (χ3v) is 5.47. The number of hydrogen-bond acceptors (Lipinski definition) is 5. The number of anilines is 4. The molecule has 1 aliphatic heterocycles. The number of benzene rings is 2. The molecule has 10 heteroatoms. The number of H-pyrrole nitrogens is 1. The van der Waals surface area contributed by atoms with E-state index in [1.165, 1.54) is 0 Å². The van der Waals surface area contributed by atoms with Gasteiger partial charge >= 0.3 is 0 Å². The molecule has 2 amide bonds. The number of aromatic nitrogens is 2. The van der Waals surface area contributed by atoms with Gasteiger partial charge in [-0.1, -0.05) is 29.3 Å². The maximum absolute atomic E-state index is 12.9.